The molecule has 0 spiro atoms. The van der Waals surface area contributed by atoms with Gasteiger partial charge in [-0.1, -0.05) is 6.92 Å². The van der Waals surface area contributed by atoms with E-state index < -0.39 is 0 Å². The van der Waals surface area contributed by atoms with E-state index in [1.165, 1.54) is 12.8 Å². The summed E-state index contributed by atoms with van der Waals surface area (Å²) < 4.78 is 5.55. The molecule has 1 aliphatic carbocycles. The van der Waals surface area contributed by atoms with Gasteiger partial charge >= 0.3 is 0 Å². The molecule has 17 heavy (non-hydrogen) atoms. The Morgan fingerprint density at radius 3 is 2.59 bits per heavy atom. The van der Waals surface area contributed by atoms with Crippen LogP contribution >= 0.6 is 0 Å². The Labute approximate surface area is 103 Å². The van der Waals surface area contributed by atoms with Crippen LogP contribution in [0.1, 0.15) is 43.0 Å². The zero-order valence-electron chi connectivity index (χ0n) is 11.1. The highest BCUT2D eigenvalue weighted by atomic mass is 16.5. The quantitative estimate of drug-likeness (QED) is 0.851. The van der Waals surface area contributed by atoms with Crippen LogP contribution in [0.3, 0.4) is 0 Å². The second-order valence-corrected chi connectivity index (χ2v) is 4.60. The summed E-state index contributed by atoms with van der Waals surface area (Å²) in [6.45, 7) is 4.19. The van der Waals surface area contributed by atoms with E-state index in [-0.39, 0.29) is 6.10 Å². The fraction of sp³-hybridized carbons (Fsp3) is 0.692. The molecule has 94 valence electrons. The van der Waals surface area contributed by atoms with Gasteiger partial charge in [0.2, 0.25) is 0 Å². The van der Waals surface area contributed by atoms with Crippen LogP contribution in [-0.4, -0.2) is 24.1 Å². The van der Waals surface area contributed by atoms with E-state index in [0.29, 0.717) is 5.92 Å². The third-order valence-corrected chi connectivity index (χ3v) is 3.39. The van der Waals surface area contributed by atoms with E-state index in [2.05, 4.69) is 29.1 Å². The molecule has 0 saturated heterocycles. The Hall–Kier alpha value is -1.16. The van der Waals surface area contributed by atoms with Crippen molar-refractivity contribution in [1.82, 2.24) is 9.97 Å². The van der Waals surface area contributed by atoms with Crippen LogP contribution in [0.25, 0.3) is 0 Å². The Bertz CT molecular complexity index is 377. The van der Waals surface area contributed by atoms with E-state index in [1.807, 2.05) is 7.05 Å². The van der Waals surface area contributed by atoms with Gasteiger partial charge in [0.25, 0.3) is 0 Å². The number of rotatable bonds is 5. The number of hydrogen-bond donors (Lipinski definition) is 1. The molecule has 0 aliphatic heterocycles. The molecule has 1 N–H and O–H groups in total. The molecule has 4 nitrogen and oxygen atoms in total. The molecule has 1 saturated carbocycles. The van der Waals surface area contributed by atoms with Gasteiger partial charge in [0.05, 0.1) is 0 Å². The minimum atomic E-state index is 0.0630. The highest BCUT2D eigenvalue weighted by molar-refractivity contribution is 5.45. The molecule has 1 aliphatic rings. The standard InChI is InChI=1S/C13H21N3O/c1-5-10-8(2)12(14-3)16-13(15-10)11(17-4)9-6-7-9/h9,11H,5-7H2,1-4H3,(H,14,15,16). The van der Waals surface area contributed by atoms with Gasteiger partial charge in [0.15, 0.2) is 5.82 Å². The SMILES string of the molecule is CCc1nc(C(OC)C2CC2)nc(NC)c1C. The summed E-state index contributed by atoms with van der Waals surface area (Å²) in [7, 11) is 3.65. The first-order chi connectivity index (χ1) is 8.21. The van der Waals surface area contributed by atoms with Gasteiger partial charge in [-0.05, 0) is 32.1 Å². The van der Waals surface area contributed by atoms with Crippen LogP contribution in [0.5, 0.6) is 0 Å². The minimum Gasteiger partial charge on any atom is -0.373 e. The maximum absolute atomic E-state index is 5.55. The first kappa shape index (κ1) is 12.3. The fourth-order valence-electron chi connectivity index (χ4n) is 2.20. The van der Waals surface area contributed by atoms with E-state index in [0.717, 1.165) is 29.3 Å². The number of anilines is 1. The zero-order valence-corrected chi connectivity index (χ0v) is 11.1. The van der Waals surface area contributed by atoms with Gasteiger partial charge in [0, 0.05) is 25.4 Å². The lowest BCUT2D eigenvalue weighted by atomic mass is 10.1. The van der Waals surface area contributed by atoms with Crippen LogP contribution in [0, 0.1) is 12.8 Å². The van der Waals surface area contributed by atoms with Crippen molar-refractivity contribution in [2.75, 3.05) is 19.5 Å². The molecule has 0 amide bonds. The van der Waals surface area contributed by atoms with Gasteiger partial charge in [-0.25, -0.2) is 9.97 Å². The Morgan fingerprint density at radius 1 is 1.41 bits per heavy atom. The van der Waals surface area contributed by atoms with Crippen molar-refractivity contribution in [1.29, 1.82) is 0 Å². The predicted molar refractivity (Wildman–Crippen MR) is 68.2 cm³/mol. The van der Waals surface area contributed by atoms with Crippen molar-refractivity contribution in [3.63, 3.8) is 0 Å². The summed E-state index contributed by atoms with van der Waals surface area (Å²) in [5, 5.41) is 3.14. The summed E-state index contributed by atoms with van der Waals surface area (Å²) in [4.78, 5) is 9.24. The predicted octanol–water partition coefficient (Wildman–Crippen LogP) is 2.49. The van der Waals surface area contributed by atoms with Crippen molar-refractivity contribution in [3.05, 3.63) is 17.1 Å². The molecule has 0 aromatic carbocycles. The molecule has 4 heteroatoms. The number of aromatic nitrogens is 2. The summed E-state index contributed by atoms with van der Waals surface area (Å²) in [6, 6.07) is 0. The average Bonchev–Trinajstić information content (AvgIpc) is 3.16. The van der Waals surface area contributed by atoms with Crippen molar-refractivity contribution < 1.29 is 4.74 Å². The molecule has 2 rings (SSSR count). The van der Waals surface area contributed by atoms with Crippen molar-refractivity contribution >= 4 is 5.82 Å². The maximum Gasteiger partial charge on any atom is 0.160 e. The Morgan fingerprint density at radius 2 is 2.12 bits per heavy atom. The van der Waals surface area contributed by atoms with Crippen LogP contribution in [0.15, 0.2) is 0 Å². The largest absolute Gasteiger partial charge is 0.373 e. The lowest BCUT2D eigenvalue weighted by Crippen LogP contribution is -2.13. The Balaban J connectivity index is 2.38. The van der Waals surface area contributed by atoms with E-state index >= 15 is 0 Å². The molecule has 0 radical (unpaired) electrons. The minimum absolute atomic E-state index is 0.0630. The number of ether oxygens (including phenoxy) is 1. The van der Waals surface area contributed by atoms with Crippen LogP contribution in [0.4, 0.5) is 5.82 Å². The van der Waals surface area contributed by atoms with Gasteiger partial charge in [0.1, 0.15) is 11.9 Å². The molecule has 1 fully saturated rings. The molecule has 1 aromatic heterocycles. The topological polar surface area (TPSA) is 47.0 Å². The maximum atomic E-state index is 5.55. The summed E-state index contributed by atoms with van der Waals surface area (Å²) in [6.07, 6.45) is 3.45. The lowest BCUT2D eigenvalue weighted by molar-refractivity contribution is 0.0771. The van der Waals surface area contributed by atoms with Gasteiger partial charge < -0.3 is 10.1 Å². The first-order valence-corrected chi connectivity index (χ1v) is 6.29. The number of nitrogens with one attached hydrogen (secondary N) is 1. The van der Waals surface area contributed by atoms with E-state index in [4.69, 9.17) is 4.74 Å². The number of hydrogen-bond acceptors (Lipinski definition) is 4. The second kappa shape index (κ2) is 5.00. The molecular weight excluding hydrogens is 214 g/mol. The zero-order chi connectivity index (χ0) is 12.4. The first-order valence-electron chi connectivity index (χ1n) is 6.29. The monoisotopic (exact) mass is 235 g/mol. The molecule has 0 bridgehead atoms. The highest BCUT2D eigenvalue weighted by Crippen LogP contribution is 2.42. The number of nitrogens with zero attached hydrogens (tertiary/aromatic N) is 2. The third kappa shape index (κ3) is 2.41. The van der Waals surface area contributed by atoms with E-state index in [9.17, 15) is 0 Å². The molecule has 1 heterocycles. The number of methoxy groups -OCH3 is 1. The van der Waals surface area contributed by atoms with Gasteiger partial charge in [-0.3, -0.25) is 0 Å². The van der Waals surface area contributed by atoms with Gasteiger partial charge in [-0.15, -0.1) is 0 Å². The van der Waals surface area contributed by atoms with Gasteiger partial charge in [-0.2, -0.15) is 0 Å². The lowest BCUT2D eigenvalue weighted by Gasteiger charge is -2.17. The highest BCUT2D eigenvalue weighted by Gasteiger charge is 2.34. The Kier molecular flexibility index (Phi) is 3.62. The summed E-state index contributed by atoms with van der Waals surface area (Å²) in [5.74, 6) is 2.37. The average molecular weight is 235 g/mol. The molecular formula is C13H21N3O. The molecule has 1 unspecified atom stereocenters. The second-order valence-electron chi connectivity index (χ2n) is 4.60. The normalized spacial score (nSPS) is 16.9. The number of aryl methyl sites for hydroxylation is 1. The summed E-state index contributed by atoms with van der Waals surface area (Å²) in [5.41, 5.74) is 2.26. The van der Waals surface area contributed by atoms with Crippen LogP contribution in [-0.2, 0) is 11.2 Å². The third-order valence-electron chi connectivity index (χ3n) is 3.39. The van der Waals surface area contributed by atoms with E-state index in [1.54, 1.807) is 7.11 Å². The fourth-order valence-corrected chi connectivity index (χ4v) is 2.20. The van der Waals surface area contributed by atoms with Crippen LogP contribution < -0.4 is 5.32 Å². The van der Waals surface area contributed by atoms with Crippen molar-refractivity contribution in [3.8, 4) is 0 Å². The smallest absolute Gasteiger partial charge is 0.160 e. The van der Waals surface area contributed by atoms with Crippen molar-refractivity contribution in [2.45, 2.75) is 39.2 Å². The molecule has 1 atom stereocenters. The summed E-state index contributed by atoms with van der Waals surface area (Å²) >= 11 is 0. The van der Waals surface area contributed by atoms with Crippen LogP contribution in [0.2, 0.25) is 0 Å². The van der Waals surface area contributed by atoms with Crippen molar-refractivity contribution in [2.24, 2.45) is 5.92 Å². The molecule has 1 aromatic rings.